The fraction of sp³-hybridized carbons (Fsp3) is 1.00. The van der Waals surface area contributed by atoms with Crippen molar-refractivity contribution < 1.29 is 55.2 Å². The largest absolute Gasteiger partial charge is 1.00 e. The predicted octanol–water partition coefficient (Wildman–Crippen LogP) is 0.841. The normalized spacial score (nSPS) is 12.4. The van der Waals surface area contributed by atoms with Crippen molar-refractivity contribution in [2.24, 2.45) is 11.8 Å². The molecule has 0 aromatic heterocycles. The second-order valence-corrected chi connectivity index (χ2v) is 9.35. The van der Waals surface area contributed by atoms with E-state index in [0.717, 1.165) is 11.8 Å². The summed E-state index contributed by atoms with van der Waals surface area (Å²) in [7, 11) is 0. The van der Waals surface area contributed by atoms with Crippen LogP contribution in [-0.4, -0.2) is 20.1 Å². The minimum absolute atomic E-state index is 0. The molecule has 0 aromatic carbocycles. The summed E-state index contributed by atoms with van der Waals surface area (Å²) >= 11 is -1.35. The zero-order chi connectivity index (χ0) is 11.4. The van der Waals surface area contributed by atoms with Crippen LogP contribution in [0.5, 0.6) is 0 Å². The van der Waals surface area contributed by atoms with E-state index < -0.39 is 14.5 Å². The smallest absolute Gasteiger partial charge is 0.656 e. The van der Waals surface area contributed by atoms with Crippen LogP contribution in [0.2, 0.25) is 10.6 Å². The molecule has 0 unspecified atom stereocenters. The monoisotopic (exact) mass is 254 g/mol. The maximum atomic E-state index is 6.24. The maximum Gasteiger partial charge on any atom is 1.00 e. The molecule has 86 valence electrons. The van der Waals surface area contributed by atoms with Crippen molar-refractivity contribution in [2.75, 3.05) is 0 Å². The van der Waals surface area contributed by atoms with Gasteiger partial charge in [-0.3, -0.25) is 0 Å². The molecule has 15 heavy (non-hydrogen) atoms. The van der Waals surface area contributed by atoms with Gasteiger partial charge in [-0.2, -0.15) is 10.6 Å². The van der Waals surface area contributed by atoms with Gasteiger partial charge < -0.3 is 3.79 Å². The van der Waals surface area contributed by atoms with Crippen LogP contribution in [0, 0.1) is 11.8 Å². The molecule has 0 saturated heterocycles. The van der Waals surface area contributed by atoms with E-state index in [-0.39, 0.29) is 57.0 Å². The minimum Gasteiger partial charge on any atom is -0.656 e. The number of hydrogen-bond acceptors (Lipinski definition) is 1. The van der Waals surface area contributed by atoms with Crippen molar-refractivity contribution in [3.8, 4) is 0 Å². The predicted molar refractivity (Wildman–Crippen MR) is 67.3 cm³/mol. The molecule has 0 radical (unpaired) electrons. The van der Waals surface area contributed by atoms with Crippen LogP contribution in [0.25, 0.3) is 0 Å². The molecule has 0 heterocycles. The Balaban J connectivity index is 0. The molecular weight excluding hydrogens is 226 g/mol. The molecule has 0 aromatic rings. The second-order valence-electron chi connectivity index (χ2n) is 6.38. The van der Waals surface area contributed by atoms with Crippen LogP contribution in [-0.2, 0) is 3.79 Å². The Labute approximate surface area is 144 Å². The van der Waals surface area contributed by atoms with Gasteiger partial charge in [0, 0.05) is 5.60 Å². The molecule has 3 heteroatoms. The number of rotatable bonds is 5. The van der Waals surface area contributed by atoms with Gasteiger partial charge in [0.1, 0.15) is 0 Å². The van der Waals surface area contributed by atoms with E-state index in [0.29, 0.717) is 0 Å². The molecule has 0 fully saturated rings. The molecule has 0 spiro atoms. The average molecular weight is 254 g/mol. The fourth-order valence-corrected chi connectivity index (χ4v) is 6.41. The van der Waals surface area contributed by atoms with Crippen molar-refractivity contribution in [1.29, 1.82) is 0 Å². The maximum absolute atomic E-state index is 6.24. The third kappa shape index (κ3) is 14.1. The van der Waals surface area contributed by atoms with Crippen LogP contribution in [0.3, 0.4) is 0 Å². The Bertz CT molecular complexity index is 142. The molecule has 0 saturated carbocycles. The third-order valence-corrected chi connectivity index (χ3v) is 7.31. The summed E-state index contributed by atoms with van der Waals surface area (Å²) in [5.74, 6) is 1.60. The van der Waals surface area contributed by atoms with Gasteiger partial charge in [-0.05, 0) is 20.8 Å². The van der Waals surface area contributed by atoms with Crippen LogP contribution >= 0.6 is 0 Å². The van der Waals surface area contributed by atoms with E-state index >= 15 is 0 Å². The molecule has 0 N–H and O–H groups in total. The van der Waals surface area contributed by atoms with Gasteiger partial charge >= 0.3 is 51.4 Å². The molecule has 0 aliphatic rings. The van der Waals surface area contributed by atoms with Gasteiger partial charge in [0.2, 0.25) is 0 Å². The van der Waals surface area contributed by atoms with E-state index in [2.05, 4.69) is 48.5 Å². The van der Waals surface area contributed by atoms with E-state index in [4.69, 9.17) is 3.79 Å². The van der Waals surface area contributed by atoms with Crippen LogP contribution < -0.4 is 51.4 Å². The Morgan fingerprint density at radius 3 is 1.47 bits per heavy atom. The summed E-state index contributed by atoms with van der Waals surface area (Å²) in [6, 6.07) is 0. The van der Waals surface area contributed by atoms with Gasteiger partial charge in [-0.1, -0.05) is 39.5 Å². The average Bonchev–Trinajstić information content (AvgIpc) is 1.77. The Morgan fingerprint density at radius 2 is 1.27 bits per heavy atom. The molecule has 0 amide bonds. The summed E-state index contributed by atoms with van der Waals surface area (Å²) in [4.78, 5) is 0. The number of hydrogen-bond donors (Lipinski definition) is 0. The SMILES string of the molecule is CC(C)[CH2][AlH-]([CH2]C(C)C)[O]C(C)(C)C.[K+]. The molecule has 1 nitrogen and oxygen atoms in total. The fourth-order valence-electron chi connectivity index (χ4n) is 2.14. The summed E-state index contributed by atoms with van der Waals surface area (Å²) in [6.45, 7) is 15.8. The van der Waals surface area contributed by atoms with Crippen molar-refractivity contribution in [1.82, 2.24) is 0 Å². The standard InChI is InChI=1S/C4H9O.2C4H9.Al.K.H/c1-4(2,3)5;2*1-4(2)3;;;/h1-3H3;2*4H,1H2,2-3H3;;;/q-1;;;;+1;. The van der Waals surface area contributed by atoms with Gasteiger partial charge in [-0.15, -0.1) is 0 Å². The first-order valence-electron chi connectivity index (χ1n) is 6.12. The topological polar surface area (TPSA) is 9.23 Å². The molecule has 0 bridgehead atoms. The molecule has 0 aliphatic carbocycles. The van der Waals surface area contributed by atoms with E-state index in [9.17, 15) is 0 Å². The van der Waals surface area contributed by atoms with Crippen LogP contribution in [0.1, 0.15) is 48.5 Å². The molecular formula is C12H28AlKO. The first-order valence-corrected chi connectivity index (χ1v) is 8.70. The molecule has 0 atom stereocenters. The van der Waals surface area contributed by atoms with Crippen molar-refractivity contribution >= 4 is 14.5 Å². The molecule has 0 aliphatic heterocycles. The van der Waals surface area contributed by atoms with Crippen molar-refractivity contribution in [3.63, 3.8) is 0 Å². The Morgan fingerprint density at radius 1 is 0.933 bits per heavy atom. The Hall–Kier alpha value is 2.13. The zero-order valence-electron chi connectivity index (χ0n) is 12.2. The van der Waals surface area contributed by atoms with Crippen LogP contribution in [0.15, 0.2) is 0 Å². The van der Waals surface area contributed by atoms with Crippen molar-refractivity contribution in [3.05, 3.63) is 0 Å². The van der Waals surface area contributed by atoms with E-state index in [1.54, 1.807) is 0 Å². The zero-order valence-corrected chi connectivity index (χ0v) is 16.7. The summed E-state index contributed by atoms with van der Waals surface area (Å²) in [5, 5.41) is 2.70. The quantitative estimate of drug-likeness (QED) is 0.661. The van der Waals surface area contributed by atoms with Crippen molar-refractivity contribution in [2.45, 2.75) is 64.6 Å². The summed E-state index contributed by atoms with van der Waals surface area (Å²) in [5.41, 5.74) is 0.0727. The van der Waals surface area contributed by atoms with E-state index in [1.807, 2.05) is 0 Å². The summed E-state index contributed by atoms with van der Waals surface area (Å²) < 4.78 is 6.24. The third-order valence-electron chi connectivity index (χ3n) is 2.44. The van der Waals surface area contributed by atoms with Gasteiger partial charge in [0.15, 0.2) is 0 Å². The van der Waals surface area contributed by atoms with Crippen LogP contribution in [0.4, 0.5) is 0 Å². The molecule has 0 rings (SSSR count). The second kappa shape index (κ2) is 9.11. The summed E-state index contributed by atoms with van der Waals surface area (Å²) in [6.07, 6.45) is 0. The van der Waals surface area contributed by atoms with Gasteiger partial charge in [0.05, 0.1) is 0 Å². The van der Waals surface area contributed by atoms with Gasteiger partial charge in [0.25, 0.3) is 14.5 Å². The first-order chi connectivity index (χ1) is 6.20. The van der Waals surface area contributed by atoms with Gasteiger partial charge in [-0.25, -0.2) is 0 Å². The Kier molecular flexibility index (Phi) is 11.8. The van der Waals surface area contributed by atoms with E-state index in [1.165, 1.54) is 10.6 Å². The first kappa shape index (κ1) is 19.5. The minimum atomic E-state index is -1.35.